The highest BCUT2D eigenvalue weighted by atomic mass is 15.0. The van der Waals surface area contributed by atoms with Gasteiger partial charge in [0.1, 0.15) is 0 Å². The summed E-state index contributed by atoms with van der Waals surface area (Å²) in [5.41, 5.74) is 18.2. The summed E-state index contributed by atoms with van der Waals surface area (Å²) in [6, 6.07) is 85.3. The summed E-state index contributed by atoms with van der Waals surface area (Å²) in [6.45, 7) is 0. The van der Waals surface area contributed by atoms with Crippen molar-refractivity contribution in [3.05, 3.63) is 237 Å². The molecule has 0 fully saturated rings. The molecule has 0 atom stereocenters. The number of fused-ring (bicyclic) bond motifs is 6. The minimum absolute atomic E-state index is 0.959. The molecule has 3 heteroatoms. The van der Waals surface area contributed by atoms with E-state index in [4.69, 9.17) is 4.98 Å². The fraction of sp³-hybridized carbons (Fsp3) is 0. The zero-order valence-corrected chi connectivity index (χ0v) is 33.9. The van der Waals surface area contributed by atoms with Crippen molar-refractivity contribution in [1.29, 1.82) is 0 Å². The molecule has 62 heavy (non-hydrogen) atoms. The van der Waals surface area contributed by atoms with E-state index in [1.807, 2.05) is 12.1 Å². The number of aromatic nitrogens is 3. The van der Waals surface area contributed by atoms with Gasteiger partial charge in [0.05, 0.1) is 33.5 Å². The van der Waals surface area contributed by atoms with Crippen molar-refractivity contribution < 1.29 is 0 Å². The van der Waals surface area contributed by atoms with Crippen molar-refractivity contribution in [3.8, 4) is 67.3 Å². The largest absolute Gasteiger partial charge is 0.309 e. The Kier molecular flexibility index (Phi) is 8.50. The van der Waals surface area contributed by atoms with Crippen LogP contribution in [0.3, 0.4) is 0 Å². The van der Waals surface area contributed by atoms with Gasteiger partial charge in [-0.15, -0.1) is 0 Å². The van der Waals surface area contributed by atoms with Gasteiger partial charge in [0, 0.05) is 44.0 Å². The first-order valence-corrected chi connectivity index (χ1v) is 21.2. The van der Waals surface area contributed by atoms with Crippen LogP contribution in [0.5, 0.6) is 0 Å². The maximum atomic E-state index is 5.12. The lowest BCUT2D eigenvalue weighted by molar-refractivity contribution is 1.18. The molecule has 12 aromatic rings. The van der Waals surface area contributed by atoms with Crippen LogP contribution < -0.4 is 0 Å². The molecule has 0 aliphatic carbocycles. The van der Waals surface area contributed by atoms with Crippen LogP contribution in [0.15, 0.2) is 237 Å². The molecule has 0 unspecified atom stereocenters. The predicted molar refractivity (Wildman–Crippen MR) is 260 cm³/mol. The second kappa shape index (κ2) is 14.8. The number of nitrogens with zero attached hydrogens (tertiary/aromatic N) is 3. The maximum Gasteiger partial charge on any atom is 0.0715 e. The van der Waals surface area contributed by atoms with Crippen LogP contribution in [0.2, 0.25) is 0 Å². The summed E-state index contributed by atoms with van der Waals surface area (Å²) in [5, 5.41) is 4.96. The lowest BCUT2D eigenvalue weighted by Gasteiger charge is -2.13. The average molecular weight is 790 g/mol. The highest BCUT2D eigenvalue weighted by molar-refractivity contribution is 6.12. The molecule has 9 aromatic carbocycles. The Balaban J connectivity index is 0.980. The van der Waals surface area contributed by atoms with Crippen LogP contribution in [0.1, 0.15) is 0 Å². The summed E-state index contributed by atoms with van der Waals surface area (Å²) < 4.78 is 4.84. The average Bonchev–Trinajstić information content (AvgIpc) is 3.87. The van der Waals surface area contributed by atoms with Crippen LogP contribution in [0.4, 0.5) is 0 Å². The van der Waals surface area contributed by atoms with Crippen LogP contribution in [0.25, 0.3) is 111 Å². The van der Waals surface area contributed by atoms with Gasteiger partial charge >= 0.3 is 0 Å². The van der Waals surface area contributed by atoms with E-state index in [1.165, 1.54) is 65.9 Å². The van der Waals surface area contributed by atoms with Gasteiger partial charge < -0.3 is 9.13 Å². The Morgan fingerprint density at radius 3 is 1.18 bits per heavy atom. The minimum Gasteiger partial charge on any atom is -0.309 e. The molecule has 290 valence electrons. The Morgan fingerprint density at radius 2 is 0.629 bits per heavy atom. The van der Waals surface area contributed by atoms with E-state index in [0.717, 1.165) is 45.0 Å². The molecule has 3 aromatic heterocycles. The summed E-state index contributed by atoms with van der Waals surface area (Å²) in [6.07, 6.45) is 0. The van der Waals surface area contributed by atoms with Crippen molar-refractivity contribution in [3.63, 3.8) is 0 Å². The summed E-state index contributed by atoms with van der Waals surface area (Å²) in [4.78, 5) is 5.12. The van der Waals surface area contributed by atoms with E-state index in [9.17, 15) is 0 Å². The molecule has 3 nitrogen and oxygen atoms in total. The fourth-order valence-electron chi connectivity index (χ4n) is 9.33. The molecule has 0 bridgehead atoms. The number of rotatable bonds is 7. The monoisotopic (exact) mass is 789 g/mol. The van der Waals surface area contributed by atoms with Crippen molar-refractivity contribution >= 4 is 43.6 Å². The van der Waals surface area contributed by atoms with Crippen molar-refractivity contribution in [2.24, 2.45) is 0 Å². The number of hydrogen-bond acceptors (Lipinski definition) is 1. The molecule has 0 aliphatic heterocycles. The van der Waals surface area contributed by atoms with Gasteiger partial charge in [-0.1, -0.05) is 176 Å². The summed E-state index contributed by atoms with van der Waals surface area (Å²) >= 11 is 0. The molecule has 12 rings (SSSR count). The first-order chi connectivity index (χ1) is 30.7. The zero-order valence-electron chi connectivity index (χ0n) is 33.9. The molecule has 3 heterocycles. The Labute approximate surface area is 360 Å². The normalized spacial score (nSPS) is 11.5. The first-order valence-electron chi connectivity index (χ1n) is 21.2. The molecule has 0 amide bonds. The van der Waals surface area contributed by atoms with Gasteiger partial charge in [0.15, 0.2) is 0 Å². The zero-order chi connectivity index (χ0) is 41.0. The van der Waals surface area contributed by atoms with E-state index in [0.29, 0.717) is 0 Å². The van der Waals surface area contributed by atoms with Crippen LogP contribution >= 0.6 is 0 Å². The third kappa shape index (κ3) is 6.10. The van der Waals surface area contributed by atoms with Gasteiger partial charge in [0.25, 0.3) is 0 Å². The Bertz CT molecular complexity index is 3540. The lowest BCUT2D eigenvalue weighted by Crippen LogP contribution is -1.95. The van der Waals surface area contributed by atoms with Gasteiger partial charge in [-0.05, 0) is 94.0 Å². The third-order valence-electron chi connectivity index (χ3n) is 12.3. The van der Waals surface area contributed by atoms with E-state index in [2.05, 4.69) is 234 Å². The van der Waals surface area contributed by atoms with E-state index >= 15 is 0 Å². The molecular weight excluding hydrogens is 751 g/mol. The van der Waals surface area contributed by atoms with Gasteiger partial charge in [-0.3, -0.25) is 0 Å². The molecule has 0 N–H and O–H groups in total. The topological polar surface area (TPSA) is 22.8 Å². The quantitative estimate of drug-likeness (QED) is 0.158. The van der Waals surface area contributed by atoms with Gasteiger partial charge in [-0.25, -0.2) is 4.98 Å². The minimum atomic E-state index is 0.959. The van der Waals surface area contributed by atoms with Crippen molar-refractivity contribution in [2.75, 3.05) is 0 Å². The second-order valence-corrected chi connectivity index (χ2v) is 16.0. The third-order valence-corrected chi connectivity index (χ3v) is 12.3. The smallest absolute Gasteiger partial charge is 0.0715 e. The maximum absolute atomic E-state index is 5.12. The van der Waals surface area contributed by atoms with Crippen molar-refractivity contribution in [1.82, 2.24) is 14.1 Å². The predicted octanol–water partition coefficient (Wildman–Crippen LogP) is 15.6. The SMILES string of the molecule is c1ccc(-c2cccc(-n3c4ccccc4c4ccc(-c5ccc6c7ccccc7n(-c7ccc(-c8cc(-c9ccccc9)nc(-c9ccccc9)c8)cc7)c6c5)cc43)c2)cc1. The summed E-state index contributed by atoms with van der Waals surface area (Å²) in [5.74, 6) is 0. The molecule has 0 saturated heterocycles. The molecule has 0 radical (unpaired) electrons. The standard InChI is InChI=1S/C59H39N3/c1-4-15-40(16-5-1)44-21-14-22-49(35-44)62-57-26-13-11-24-51(57)53-34-30-46(39-59(53)62)45-29-33-52-50-23-10-12-25-56(50)61(58(52)38-45)48-31-27-41(28-32-48)47-36-54(42-17-6-2-7-18-42)60-55(37-47)43-19-8-3-9-20-43/h1-39H. The Morgan fingerprint density at radius 1 is 0.226 bits per heavy atom. The molecule has 0 spiro atoms. The van der Waals surface area contributed by atoms with E-state index in [1.54, 1.807) is 0 Å². The van der Waals surface area contributed by atoms with E-state index < -0.39 is 0 Å². The number of para-hydroxylation sites is 2. The molecule has 0 aliphatic rings. The Hall–Kier alpha value is -8.27. The number of hydrogen-bond donors (Lipinski definition) is 0. The lowest BCUT2D eigenvalue weighted by atomic mass is 9.99. The van der Waals surface area contributed by atoms with Gasteiger partial charge in [0.2, 0.25) is 0 Å². The van der Waals surface area contributed by atoms with E-state index in [-0.39, 0.29) is 0 Å². The van der Waals surface area contributed by atoms with Crippen LogP contribution in [-0.2, 0) is 0 Å². The number of benzene rings is 9. The second-order valence-electron chi connectivity index (χ2n) is 16.0. The van der Waals surface area contributed by atoms with Crippen LogP contribution in [-0.4, -0.2) is 14.1 Å². The highest BCUT2D eigenvalue weighted by Crippen LogP contribution is 2.39. The molecular formula is C59H39N3. The fourth-order valence-corrected chi connectivity index (χ4v) is 9.33. The highest BCUT2D eigenvalue weighted by Gasteiger charge is 2.17. The van der Waals surface area contributed by atoms with Crippen molar-refractivity contribution in [2.45, 2.75) is 0 Å². The van der Waals surface area contributed by atoms with Gasteiger partial charge in [-0.2, -0.15) is 0 Å². The summed E-state index contributed by atoms with van der Waals surface area (Å²) in [7, 11) is 0. The first kappa shape index (κ1) is 35.7. The molecule has 0 saturated carbocycles. The van der Waals surface area contributed by atoms with Crippen LogP contribution in [0, 0.1) is 0 Å². The number of pyridine rings is 1.